The van der Waals surface area contributed by atoms with Crippen molar-refractivity contribution in [2.24, 2.45) is 0 Å². The molecule has 0 spiro atoms. The minimum atomic E-state index is -0.349. The first kappa shape index (κ1) is 20.8. The number of carbonyl (C=O) groups excluding carboxylic acids is 1. The van der Waals surface area contributed by atoms with Crippen LogP contribution in [0.1, 0.15) is 38.8 Å². The van der Waals surface area contributed by atoms with E-state index in [1.54, 1.807) is 38.1 Å². The zero-order valence-electron chi connectivity index (χ0n) is 14.8. The van der Waals surface area contributed by atoms with E-state index in [9.17, 15) is 9.90 Å². The van der Waals surface area contributed by atoms with Gasteiger partial charge in [0.15, 0.2) is 0 Å². The van der Waals surface area contributed by atoms with Gasteiger partial charge in [0.2, 0.25) is 0 Å². The van der Waals surface area contributed by atoms with Gasteiger partial charge in [0.25, 0.3) is 0 Å². The van der Waals surface area contributed by atoms with E-state index >= 15 is 0 Å². The van der Waals surface area contributed by atoms with Gasteiger partial charge in [-0.05, 0) is 67.4 Å². The second-order valence-corrected chi connectivity index (χ2v) is 6.35. The van der Waals surface area contributed by atoms with Crippen molar-refractivity contribution in [2.75, 3.05) is 6.61 Å². The molecule has 1 unspecified atom stereocenters. The van der Waals surface area contributed by atoms with E-state index in [0.717, 1.165) is 5.57 Å². The Morgan fingerprint density at radius 2 is 2.12 bits per heavy atom. The number of allylic oxidation sites excluding steroid dienone is 3. The number of rotatable bonds is 7. The van der Waals surface area contributed by atoms with E-state index in [4.69, 9.17) is 14.7 Å². The number of nitrogens with zero attached hydrogens (tertiary/aromatic N) is 1. The lowest BCUT2D eigenvalue weighted by molar-refractivity contribution is -0.142. The van der Waals surface area contributed by atoms with Gasteiger partial charge in [-0.3, -0.25) is 4.79 Å². The smallest absolute Gasteiger partial charge is 0.310 e. The standard InChI is InChI=1S/C19H22BrNO4/c1-5-24-19(23)10-16-7-6-15(11-21)9-18(16)25-14(4)12(2)8-17(20)13(3)22/h6-9,14,22H,5,10H2,1-4H3/b12-8+,17-13-. The molecule has 1 aromatic carbocycles. The fourth-order valence-corrected chi connectivity index (χ4v) is 2.31. The number of nitriles is 1. The maximum absolute atomic E-state index is 11.8. The average Bonchev–Trinajstić information content (AvgIpc) is 2.56. The van der Waals surface area contributed by atoms with E-state index in [2.05, 4.69) is 22.0 Å². The molecular formula is C19H22BrNO4. The summed E-state index contributed by atoms with van der Waals surface area (Å²) < 4.78 is 11.5. The molecule has 0 aliphatic rings. The second kappa shape index (κ2) is 9.90. The van der Waals surface area contributed by atoms with Gasteiger partial charge in [-0.25, -0.2) is 0 Å². The maximum Gasteiger partial charge on any atom is 0.310 e. The highest BCUT2D eigenvalue weighted by atomic mass is 79.9. The summed E-state index contributed by atoms with van der Waals surface area (Å²) in [4.78, 5) is 11.8. The SMILES string of the molecule is CCOC(=O)Cc1ccc(C#N)cc1OC(C)/C(C)=C/C(Br)=C(\C)O. The third-order valence-electron chi connectivity index (χ3n) is 3.48. The van der Waals surface area contributed by atoms with Crippen LogP contribution in [0.4, 0.5) is 0 Å². The number of aliphatic hydroxyl groups excluding tert-OH is 1. The molecule has 25 heavy (non-hydrogen) atoms. The molecule has 1 aromatic rings. The number of benzene rings is 1. The lowest BCUT2D eigenvalue weighted by Gasteiger charge is -2.18. The van der Waals surface area contributed by atoms with Crippen LogP contribution in [0, 0.1) is 11.3 Å². The van der Waals surface area contributed by atoms with Crippen LogP contribution >= 0.6 is 15.9 Å². The van der Waals surface area contributed by atoms with E-state index in [-0.39, 0.29) is 24.3 Å². The minimum absolute atomic E-state index is 0.0731. The Hall–Kier alpha value is -2.26. The molecule has 0 radical (unpaired) electrons. The predicted octanol–water partition coefficient (Wildman–Crippen LogP) is 4.56. The molecule has 0 heterocycles. The summed E-state index contributed by atoms with van der Waals surface area (Å²) in [7, 11) is 0. The number of hydrogen-bond donors (Lipinski definition) is 1. The fraction of sp³-hybridized carbons (Fsp3) is 0.368. The van der Waals surface area contributed by atoms with Crippen molar-refractivity contribution in [3.8, 4) is 11.8 Å². The molecule has 0 saturated carbocycles. The summed E-state index contributed by atoms with van der Waals surface area (Å²) in [6.07, 6.45) is 1.52. The Labute approximate surface area is 156 Å². The summed E-state index contributed by atoms with van der Waals surface area (Å²) in [6.45, 7) is 7.36. The first-order valence-corrected chi connectivity index (χ1v) is 8.66. The first-order valence-electron chi connectivity index (χ1n) is 7.87. The molecule has 0 aliphatic carbocycles. The Morgan fingerprint density at radius 3 is 2.68 bits per heavy atom. The molecule has 0 amide bonds. The number of carbonyl (C=O) groups is 1. The second-order valence-electron chi connectivity index (χ2n) is 5.50. The maximum atomic E-state index is 11.8. The molecule has 134 valence electrons. The van der Waals surface area contributed by atoms with E-state index in [1.807, 2.05) is 13.8 Å². The predicted molar refractivity (Wildman–Crippen MR) is 99.6 cm³/mol. The van der Waals surface area contributed by atoms with Crippen LogP contribution in [-0.2, 0) is 16.0 Å². The fourth-order valence-electron chi connectivity index (χ4n) is 1.95. The van der Waals surface area contributed by atoms with Crippen LogP contribution < -0.4 is 4.74 Å². The van der Waals surface area contributed by atoms with Crippen molar-refractivity contribution >= 4 is 21.9 Å². The molecular weight excluding hydrogens is 386 g/mol. The number of hydrogen-bond acceptors (Lipinski definition) is 5. The Morgan fingerprint density at radius 1 is 1.44 bits per heavy atom. The van der Waals surface area contributed by atoms with E-state index < -0.39 is 0 Å². The number of ether oxygens (including phenoxy) is 2. The molecule has 6 heteroatoms. The summed E-state index contributed by atoms with van der Waals surface area (Å²) in [6, 6.07) is 7.02. The van der Waals surface area contributed by atoms with Gasteiger partial charge in [0.1, 0.15) is 17.6 Å². The molecule has 1 atom stereocenters. The number of aliphatic hydroxyl groups is 1. The molecule has 0 fully saturated rings. The normalized spacial score (nSPS) is 13.5. The van der Waals surface area contributed by atoms with Crippen molar-refractivity contribution in [3.05, 3.63) is 51.2 Å². The third kappa shape index (κ3) is 6.63. The van der Waals surface area contributed by atoms with Gasteiger partial charge < -0.3 is 14.6 Å². The van der Waals surface area contributed by atoms with Gasteiger partial charge in [0.05, 0.1) is 29.1 Å². The van der Waals surface area contributed by atoms with Crippen molar-refractivity contribution in [1.29, 1.82) is 5.26 Å². The molecule has 0 bridgehead atoms. The van der Waals surface area contributed by atoms with Crippen LogP contribution in [0.5, 0.6) is 5.75 Å². The quantitative estimate of drug-likeness (QED) is 0.407. The number of esters is 1. The first-order chi connectivity index (χ1) is 11.8. The van der Waals surface area contributed by atoms with Crippen molar-refractivity contribution < 1.29 is 19.4 Å². The zero-order chi connectivity index (χ0) is 19.0. The van der Waals surface area contributed by atoms with Crippen molar-refractivity contribution in [2.45, 2.75) is 40.2 Å². The molecule has 1 rings (SSSR count). The lowest BCUT2D eigenvalue weighted by atomic mass is 10.1. The van der Waals surface area contributed by atoms with Crippen LogP contribution in [-0.4, -0.2) is 23.8 Å². The molecule has 0 aliphatic heterocycles. The highest BCUT2D eigenvalue weighted by molar-refractivity contribution is 9.11. The molecule has 0 aromatic heterocycles. The highest BCUT2D eigenvalue weighted by Gasteiger charge is 2.15. The third-order valence-corrected chi connectivity index (χ3v) is 4.28. The molecule has 1 N–H and O–H groups in total. The molecule has 5 nitrogen and oxygen atoms in total. The minimum Gasteiger partial charge on any atom is -0.511 e. The van der Waals surface area contributed by atoms with Gasteiger partial charge in [0, 0.05) is 5.56 Å². The van der Waals surface area contributed by atoms with Crippen LogP contribution in [0.3, 0.4) is 0 Å². The van der Waals surface area contributed by atoms with Gasteiger partial charge in [-0.2, -0.15) is 5.26 Å². The summed E-state index contributed by atoms with van der Waals surface area (Å²) >= 11 is 3.28. The lowest BCUT2D eigenvalue weighted by Crippen LogP contribution is -2.16. The Balaban J connectivity index is 3.07. The monoisotopic (exact) mass is 407 g/mol. The summed E-state index contributed by atoms with van der Waals surface area (Å²) in [5.74, 6) is 0.285. The van der Waals surface area contributed by atoms with E-state index in [1.165, 1.54) is 0 Å². The van der Waals surface area contributed by atoms with Crippen LogP contribution in [0.2, 0.25) is 0 Å². The van der Waals surface area contributed by atoms with Gasteiger partial charge in [-0.15, -0.1) is 0 Å². The van der Waals surface area contributed by atoms with Crippen molar-refractivity contribution in [1.82, 2.24) is 0 Å². The van der Waals surface area contributed by atoms with Gasteiger partial charge >= 0.3 is 5.97 Å². The Bertz CT molecular complexity index is 727. The summed E-state index contributed by atoms with van der Waals surface area (Å²) in [5, 5.41) is 18.6. The van der Waals surface area contributed by atoms with Gasteiger partial charge in [-0.1, -0.05) is 6.07 Å². The van der Waals surface area contributed by atoms with Crippen LogP contribution in [0.25, 0.3) is 0 Å². The molecule has 0 saturated heterocycles. The van der Waals surface area contributed by atoms with Crippen molar-refractivity contribution in [3.63, 3.8) is 0 Å². The topological polar surface area (TPSA) is 79.6 Å². The van der Waals surface area contributed by atoms with Crippen LogP contribution in [0.15, 0.2) is 40.1 Å². The zero-order valence-corrected chi connectivity index (χ0v) is 16.4. The number of halogens is 1. The highest BCUT2D eigenvalue weighted by Crippen LogP contribution is 2.25. The Kier molecular flexibility index (Phi) is 8.23. The average molecular weight is 408 g/mol. The largest absolute Gasteiger partial charge is 0.511 e. The summed E-state index contributed by atoms with van der Waals surface area (Å²) in [5.41, 5.74) is 1.97. The van der Waals surface area contributed by atoms with E-state index in [0.29, 0.717) is 28.0 Å².